The van der Waals surface area contributed by atoms with E-state index in [1.54, 1.807) is 30.1 Å². The molecule has 1 rings (SSSR count). The highest BCUT2D eigenvalue weighted by atomic mass is 16.3. The number of carbonyl (C=O) groups is 1. The van der Waals surface area contributed by atoms with Crippen LogP contribution in [0.1, 0.15) is 13.8 Å². The van der Waals surface area contributed by atoms with Crippen LogP contribution < -0.4 is 10.6 Å². The quantitative estimate of drug-likeness (QED) is 0.592. The van der Waals surface area contributed by atoms with Gasteiger partial charge in [0, 0.05) is 25.5 Å². The van der Waals surface area contributed by atoms with E-state index in [4.69, 9.17) is 0 Å². The fourth-order valence-corrected chi connectivity index (χ4v) is 1.42. The minimum absolute atomic E-state index is 0.0567. The number of nitrogens with one attached hydrogen (secondary N) is 2. The van der Waals surface area contributed by atoms with Gasteiger partial charge >= 0.3 is 0 Å². The van der Waals surface area contributed by atoms with Gasteiger partial charge < -0.3 is 15.7 Å². The van der Waals surface area contributed by atoms with Crippen LogP contribution in [0.25, 0.3) is 0 Å². The summed E-state index contributed by atoms with van der Waals surface area (Å²) in [4.78, 5) is 11.4. The maximum atomic E-state index is 11.4. The van der Waals surface area contributed by atoms with Gasteiger partial charge in [-0.15, -0.1) is 0 Å². The van der Waals surface area contributed by atoms with Crippen molar-refractivity contribution in [2.75, 3.05) is 13.1 Å². The first-order chi connectivity index (χ1) is 8.13. The molecule has 6 nitrogen and oxygen atoms in total. The first-order valence-corrected chi connectivity index (χ1v) is 5.80. The van der Waals surface area contributed by atoms with Crippen LogP contribution in [0.3, 0.4) is 0 Å². The SMILES string of the molecule is CCNC(=O)C(C)NCC(O)Cn1cccn1. The van der Waals surface area contributed by atoms with Gasteiger partial charge in [-0.05, 0) is 19.9 Å². The van der Waals surface area contributed by atoms with E-state index in [-0.39, 0.29) is 11.9 Å². The smallest absolute Gasteiger partial charge is 0.236 e. The highest BCUT2D eigenvalue weighted by Gasteiger charge is 2.13. The molecule has 17 heavy (non-hydrogen) atoms. The Labute approximate surface area is 101 Å². The largest absolute Gasteiger partial charge is 0.390 e. The van der Waals surface area contributed by atoms with Crippen LogP contribution in [0.4, 0.5) is 0 Å². The van der Waals surface area contributed by atoms with E-state index in [2.05, 4.69) is 15.7 Å². The van der Waals surface area contributed by atoms with Gasteiger partial charge in [0.25, 0.3) is 0 Å². The second kappa shape index (κ2) is 7.03. The molecule has 0 aliphatic carbocycles. The van der Waals surface area contributed by atoms with E-state index < -0.39 is 6.10 Å². The monoisotopic (exact) mass is 240 g/mol. The summed E-state index contributed by atoms with van der Waals surface area (Å²) in [6, 6.07) is 1.50. The summed E-state index contributed by atoms with van der Waals surface area (Å²) < 4.78 is 1.66. The van der Waals surface area contributed by atoms with Crippen molar-refractivity contribution in [1.82, 2.24) is 20.4 Å². The van der Waals surface area contributed by atoms with Crippen molar-refractivity contribution < 1.29 is 9.90 Å². The summed E-state index contributed by atoms with van der Waals surface area (Å²) in [5, 5.41) is 19.4. The molecule has 0 radical (unpaired) electrons. The molecular formula is C11H20N4O2. The Morgan fingerprint density at radius 1 is 1.59 bits per heavy atom. The highest BCUT2D eigenvalue weighted by molar-refractivity contribution is 5.81. The van der Waals surface area contributed by atoms with E-state index in [0.29, 0.717) is 19.6 Å². The molecule has 2 unspecified atom stereocenters. The standard InChI is InChI=1S/C11H20N4O2/c1-3-12-11(17)9(2)13-7-10(16)8-15-6-4-5-14-15/h4-6,9-10,13,16H,3,7-8H2,1-2H3,(H,12,17). The molecular weight excluding hydrogens is 220 g/mol. The van der Waals surface area contributed by atoms with Crippen LogP contribution in [0.2, 0.25) is 0 Å². The van der Waals surface area contributed by atoms with Gasteiger partial charge in [-0.25, -0.2) is 0 Å². The summed E-state index contributed by atoms with van der Waals surface area (Å²) in [6.45, 7) is 5.03. The van der Waals surface area contributed by atoms with E-state index in [1.165, 1.54) is 0 Å². The molecule has 0 aliphatic rings. The van der Waals surface area contributed by atoms with Crippen molar-refractivity contribution in [3.63, 3.8) is 0 Å². The predicted octanol–water partition coefficient (Wildman–Crippen LogP) is -0.642. The van der Waals surface area contributed by atoms with Crippen LogP contribution in [0.15, 0.2) is 18.5 Å². The van der Waals surface area contributed by atoms with Crippen molar-refractivity contribution in [3.05, 3.63) is 18.5 Å². The first kappa shape index (κ1) is 13.7. The topological polar surface area (TPSA) is 79.2 Å². The lowest BCUT2D eigenvalue weighted by atomic mass is 10.2. The van der Waals surface area contributed by atoms with E-state index in [0.717, 1.165) is 0 Å². The predicted molar refractivity (Wildman–Crippen MR) is 64.4 cm³/mol. The number of aliphatic hydroxyl groups is 1. The molecule has 3 N–H and O–H groups in total. The minimum Gasteiger partial charge on any atom is -0.390 e. The Morgan fingerprint density at radius 3 is 2.94 bits per heavy atom. The molecule has 0 spiro atoms. The zero-order chi connectivity index (χ0) is 12.7. The summed E-state index contributed by atoms with van der Waals surface area (Å²) in [5.74, 6) is -0.0567. The molecule has 1 aromatic rings. The molecule has 2 atom stereocenters. The maximum absolute atomic E-state index is 11.4. The van der Waals surface area contributed by atoms with Gasteiger partial charge in [0.05, 0.1) is 18.7 Å². The summed E-state index contributed by atoms with van der Waals surface area (Å²) >= 11 is 0. The first-order valence-electron chi connectivity index (χ1n) is 5.80. The van der Waals surface area contributed by atoms with Crippen molar-refractivity contribution >= 4 is 5.91 Å². The highest BCUT2D eigenvalue weighted by Crippen LogP contribution is 1.91. The molecule has 1 amide bonds. The summed E-state index contributed by atoms with van der Waals surface area (Å²) in [6.07, 6.45) is 2.89. The number of hydrogen-bond acceptors (Lipinski definition) is 4. The second-order valence-corrected chi connectivity index (χ2v) is 3.91. The number of aromatic nitrogens is 2. The van der Waals surface area contributed by atoms with Crippen LogP contribution in [-0.2, 0) is 11.3 Å². The molecule has 0 saturated heterocycles. The van der Waals surface area contributed by atoms with Gasteiger partial charge in [-0.2, -0.15) is 5.10 Å². The van der Waals surface area contributed by atoms with Crippen LogP contribution in [0, 0.1) is 0 Å². The Balaban J connectivity index is 2.23. The van der Waals surface area contributed by atoms with Crippen LogP contribution in [-0.4, -0.2) is 46.0 Å². The molecule has 0 saturated carbocycles. The average molecular weight is 240 g/mol. The second-order valence-electron chi connectivity index (χ2n) is 3.91. The summed E-state index contributed by atoms with van der Waals surface area (Å²) in [7, 11) is 0. The Kier molecular flexibility index (Phi) is 5.65. The lowest BCUT2D eigenvalue weighted by Crippen LogP contribution is -2.45. The van der Waals surface area contributed by atoms with Crippen LogP contribution >= 0.6 is 0 Å². The number of rotatable bonds is 7. The molecule has 0 aromatic carbocycles. The molecule has 1 heterocycles. The van der Waals surface area contributed by atoms with E-state index >= 15 is 0 Å². The fraction of sp³-hybridized carbons (Fsp3) is 0.636. The van der Waals surface area contributed by atoms with E-state index in [9.17, 15) is 9.90 Å². The third-order valence-corrected chi connectivity index (χ3v) is 2.36. The number of hydrogen-bond donors (Lipinski definition) is 3. The van der Waals surface area contributed by atoms with Gasteiger partial charge in [0.15, 0.2) is 0 Å². The zero-order valence-electron chi connectivity index (χ0n) is 10.3. The summed E-state index contributed by atoms with van der Waals surface area (Å²) in [5.41, 5.74) is 0. The van der Waals surface area contributed by atoms with Gasteiger partial charge in [-0.3, -0.25) is 9.48 Å². The van der Waals surface area contributed by atoms with Crippen molar-refractivity contribution in [2.45, 2.75) is 32.5 Å². The molecule has 0 fully saturated rings. The number of carbonyl (C=O) groups excluding carboxylic acids is 1. The van der Waals surface area contributed by atoms with Crippen LogP contribution in [0.5, 0.6) is 0 Å². The normalized spacial score (nSPS) is 14.3. The molecule has 0 bridgehead atoms. The Bertz CT molecular complexity index is 326. The minimum atomic E-state index is -0.563. The molecule has 1 aromatic heterocycles. The lowest BCUT2D eigenvalue weighted by Gasteiger charge is -2.16. The maximum Gasteiger partial charge on any atom is 0.236 e. The van der Waals surface area contributed by atoms with Gasteiger partial charge in [0.2, 0.25) is 5.91 Å². The van der Waals surface area contributed by atoms with E-state index in [1.807, 2.05) is 6.92 Å². The third-order valence-electron chi connectivity index (χ3n) is 2.36. The lowest BCUT2D eigenvalue weighted by molar-refractivity contribution is -0.122. The zero-order valence-corrected chi connectivity index (χ0v) is 10.3. The molecule has 96 valence electrons. The number of amides is 1. The fourth-order valence-electron chi connectivity index (χ4n) is 1.42. The molecule has 0 aliphatic heterocycles. The number of likely N-dealkylation sites (N-methyl/N-ethyl adjacent to an activating group) is 1. The Hall–Kier alpha value is -1.40. The van der Waals surface area contributed by atoms with Gasteiger partial charge in [0.1, 0.15) is 0 Å². The van der Waals surface area contributed by atoms with Crippen molar-refractivity contribution in [2.24, 2.45) is 0 Å². The Morgan fingerprint density at radius 2 is 2.35 bits per heavy atom. The number of aliphatic hydroxyl groups excluding tert-OH is 1. The van der Waals surface area contributed by atoms with Gasteiger partial charge in [-0.1, -0.05) is 0 Å². The third kappa shape index (κ3) is 4.97. The molecule has 6 heteroatoms. The number of nitrogens with zero attached hydrogens (tertiary/aromatic N) is 2. The van der Waals surface area contributed by atoms with Crippen molar-refractivity contribution in [1.29, 1.82) is 0 Å². The van der Waals surface area contributed by atoms with Crippen molar-refractivity contribution in [3.8, 4) is 0 Å². The average Bonchev–Trinajstić information content (AvgIpc) is 2.79.